The van der Waals surface area contributed by atoms with E-state index in [9.17, 15) is 4.39 Å². The normalized spacial score (nSPS) is 14.4. The van der Waals surface area contributed by atoms with Gasteiger partial charge in [0.05, 0.1) is 6.20 Å². The van der Waals surface area contributed by atoms with Crippen LogP contribution in [0.1, 0.15) is 42.6 Å². The van der Waals surface area contributed by atoms with E-state index in [-0.39, 0.29) is 17.9 Å². The van der Waals surface area contributed by atoms with Crippen LogP contribution in [0.2, 0.25) is 0 Å². The lowest BCUT2D eigenvalue weighted by Crippen LogP contribution is -2.22. The minimum atomic E-state index is -0.155. The number of hydrogen-bond donors (Lipinski definition) is 2. The first kappa shape index (κ1) is 12.8. The van der Waals surface area contributed by atoms with E-state index in [0.717, 1.165) is 11.1 Å². The number of rotatable bonds is 4. The third-order valence-corrected chi connectivity index (χ3v) is 3.22. The maximum atomic E-state index is 13.5. The van der Waals surface area contributed by atoms with Crippen molar-refractivity contribution in [2.75, 3.05) is 0 Å². The fraction of sp³-hybridized carbons (Fsp3) is 0.357. The van der Waals surface area contributed by atoms with Crippen molar-refractivity contribution in [1.82, 2.24) is 15.5 Å². The quantitative estimate of drug-likeness (QED) is 0.870. The van der Waals surface area contributed by atoms with Crippen LogP contribution < -0.4 is 5.32 Å². The third kappa shape index (κ3) is 2.76. The van der Waals surface area contributed by atoms with Gasteiger partial charge in [0.2, 0.25) is 0 Å². The van der Waals surface area contributed by atoms with Crippen LogP contribution in [0.4, 0.5) is 4.39 Å². The molecule has 2 atom stereocenters. The molecule has 1 heterocycles. The van der Waals surface area contributed by atoms with Gasteiger partial charge in [-0.3, -0.25) is 5.10 Å². The van der Waals surface area contributed by atoms with Crippen molar-refractivity contribution in [3.63, 3.8) is 0 Å². The number of aryl methyl sites for hydroxylation is 1. The van der Waals surface area contributed by atoms with Crippen molar-refractivity contribution in [3.8, 4) is 0 Å². The van der Waals surface area contributed by atoms with Gasteiger partial charge >= 0.3 is 0 Å². The highest BCUT2D eigenvalue weighted by molar-refractivity contribution is 5.25. The summed E-state index contributed by atoms with van der Waals surface area (Å²) >= 11 is 0. The molecule has 1 aromatic heterocycles. The van der Waals surface area contributed by atoms with Crippen LogP contribution in [0.15, 0.2) is 30.6 Å². The van der Waals surface area contributed by atoms with Crippen molar-refractivity contribution in [2.24, 2.45) is 0 Å². The van der Waals surface area contributed by atoms with Gasteiger partial charge in [-0.05, 0) is 38.0 Å². The van der Waals surface area contributed by atoms with E-state index >= 15 is 0 Å². The van der Waals surface area contributed by atoms with Gasteiger partial charge in [0.1, 0.15) is 5.82 Å². The van der Waals surface area contributed by atoms with Gasteiger partial charge in [0.15, 0.2) is 0 Å². The predicted octanol–water partition coefficient (Wildman–Crippen LogP) is 3.27. The average Bonchev–Trinajstić information content (AvgIpc) is 2.86. The summed E-state index contributed by atoms with van der Waals surface area (Å²) in [6, 6.07) is 5.62. The van der Waals surface area contributed by atoms with Crippen LogP contribution in [0.5, 0.6) is 0 Å². The van der Waals surface area contributed by atoms with Crippen LogP contribution in [0, 0.1) is 12.7 Å². The second-order valence-corrected chi connectivity index (χ2v) is 4.65. The van der Waals surface area contributed by atoms with Crippen LogP contribution in [0.25, 0.3) is 0 Å². The van der Waals surface area contributed by atoms with E-state index in [1.54, 1.807) is 19.2 Å². The maximum absolute atomic E-state index is 13.5. The number of aromatic nitrogens is 2. The molecular formula is C14H18FN3. The van der Waals surface area contributed by atoms with Gasteiger partial charge < -0.3 is 5.32 Å². The van der Waals surface area contributed by atoms with Crippen LogP contribution in [-0.2, 0) is 0 Å². The Morgan fingerprint density at radius 1 is 1.22 bits per heavy atom. The zero-order valence-corrected chi connectivity index (χ0v) is 10.9. The van der Waals surface area contributed by atoms with Crippen molar-refractivity contribution in [3.05, 3.63) is 53.1 Å². The average molecular weight is 247 g/mol. The summed E-state index contributed by atoms with van der Waals surface area (Å²) in [5, 5.41) is 10.1. The number of hydrogen-bond acceptors (Lipinski definition) is 2. The maximum Gasteiger partial charge on any atom is 0.126 e. The van der Waals surface area contributed by atoms with E-state index in [0.29, 0.717) is 5.56 Å². The fourth-order valence-corrected chi connectivity index (χ4v) is 1.94. The standard InChI is InChI=1S/C14H18FN3/c1-9-4-5-12(6-14(9)15)10(2)18-11(3)13-7-16-17-8-13/h4-8,10-11,18H,1-3H3,(H,16,17). The van der Waals surface area contributed by atoms with E-state index in [1.807, 2.05) is 25.3 Å². The number of H-pyrrole nitrogens is 1. The summed E-state index contributed by atoms with van der Waals surface area (Å²) in [6.45, 7) is 5.86. The minimum absolute atomic E-state index is 0.0880. The van der Waals surface area contributed by atoms with Crippen LogP contribution in [-0.4, -0.2) is 10.2 Å². The number of halogens is 1. The first-order valence-electron chi connectivity index (χ1n) is 6.08. The Hall–Kier alpha value is -1.68. The molecule has 96 valence electrons. The molecule has 2 aromatic rings. The molecule has 0 aliphatic heterocycles. The predicted molar refractivity (Wildman–Crippen MR) is 69.7 cm³/mol. The number of aromatic amines is 1. The highest BCUT2D eigenvalue weighted by atomic mass is 19.1. The lowest BCUT2D eigenvalue weighted by molar-refractivity contribution is 0.491. The molecule has 0 aliphatic rings. The highest BCUT2D eigenvalue weighted by Crippen LogP contribution is 2.20. The molecule has 1 aromatic carbocycles. The molecule has 2 unspecified atom stereocenters. The lowest BCUT2D eigenvalue weighted by Gasteiger charge is -2.19. The molecule has 2 N–H and O–H groups in total. The molecule has 0 bridgehead atoms. The number of nitrogens with zero attached hydrogens (tertiary/aromatic N) is 1. The van der Waals surface area contributed by atoms with Gasteiger partial charge in [-0.15, -0.1) is 0 Å². The molecular weight excluding hydrogens is 229 g/mol. The summed E-state index contributed by atoms with van der Waals surface area (Å²) in [5.41, 5.74) is 2.72. The second kappa shape index (κ2) is 5.31. The topological polar surface area (TPSA) is 40.7 Å². The van der Waals surface area contributed by atoms with Gasteiger partial charge in [0, 0.05) is 23.8 Å². The lowest BCUT2D eigenvalue weighted by atomic mass is 10.0. The van der Waals surface area contributed by atoms with Crippen molar-refractivity contribution in [1.29, 1.82) is 0 Å². The van der Waals surface area contributed by atoms with E-state index in [1.165, 1.54) is 0 Å². The molecule has 0 spiro atoms. The largest absolute Gasteiger partial charge is 0.304 e. The zero-order valence-electron chi connectivity index (χ0n) is 10.9. The Morgan fingerprint density at radius 2 is 1.94 bits per heavy atom. The number of benzene rings is 1. The van der Waals surface area contributed by atoms with Crippen LogP contribution in [0.3, 0.4) is 0 Å². The molecule has 0 fully saturated rings. The summed E-state index contributed by atoms with van der Waals surface area (Å²) in [6.07, 6.45) is 3.65. The molecule has 0 radical (unpaired) electrons. The van der Waals surface area contributed by atoms with Crippen molar-refractivity contribution in [2.45, 2.75) is 32.9 Å². The molecule has 0 aliphatic carbocycles. The van der Waals surface area contributed by atoms with E-state index in [4.69, 9.17) is 0 Å². The third-order valence-electron chi connectivity index (χ3n) is 3.22. The van der Waals surface area contributed by atoms with Crippen molar-refractivity contribution < 1.29 is 4.39 Å². The molecule has 4 heteroatoms. The van der Waals surface area contributed by atoms with Crippen LogP contribution >= 0.6 is 0 Å². The molecule has 18 heavy (non-hydrogen) atoms. The van der Waals surface area contributed by atoms with Gasteiger partial charge in [0.25, 0.3) is 0 Å². The first-order valence-corrected chi connectivity index (χ1v) is 6.08. The van der Waals surface area contributed by atoms with Crippen molar-refractivity contribution >= 4 is 0 Å². The minimum Gasteiger partial charge on any atom is -0.304 e. The summed E-state index contributed by atoms with van der Waals surface area (Å²) < 4.78 is 13.5. The fourth-order valence-electron chi connectivity index (χ4n) is 1.94. The molecule has 0 saturated carbocycles. The Morgan fingerprint density at radius 3 is 2.56 bits per heavy atom. The van der Waals surface area contributed by atoms with E-state index in [2.05, 4.69) is 22.4 Å². The Labute approximate surface area is 106 Å². The van der Waals surface area contributed by atoms with Gasteiger partial charge in [-0.25, -0.2) is 4.39 Å². The highest BCUT2D eigenvalue weighted by Gasteiger charge is 2.12. The molecule has 0 amide bonds. The second-order valence-electron chi connectivity index (χ2n) is 4.65. The molecule has 2 rings (SSSR count). The number of nitrogens with one attached hydrogen (secondary N) is 2. The summed E-state index contributed by atoms with van der Waals surface area (Å²) in [4.78, 5) is 0. The Balaban J connectivity index is 2.07. The first-order chi connectivity index (χ1) is 8.58. The SMILES string of the molecule is Cc1ccc(C(C)NC(C)c2cn[nH]c2)cc1F. The van der Waals surface area contributed by atoms with E-state index < -0.39 is 0 Å². The molecule has 0 saturated heterocycles. The summed E-state index contributed by atoms with van der Waals surface area (Å²) in [5.74, 6) is -0.155. The Kier molecular flexibility index (Phi) is 3.77. The zero-order chi connectivity index (χ0) is 13.1. The monoisotopic (exact) mass is 247 g/mol. The smallest absolute Gasteiger partial charge is 0.126 e. The molecule has 3 nitrogen and oxygen atoms in total. The van der Waals surface area contributed by atoms with Gasteiger partial charge in [-0.2, -0.15) is 5.10 Å². The summed E-state index contributed by atoms with van der Waals surface area (Å²) in [7, 11) is 0. The Bertz CT molecular complexity index is 508. The van der Waals surface area contributed by atoms with Gasteiger partial charge in [-0.1, -0.05) is 12.1 Å².